The molecule has 4 aromatic carbocycles. The predicted molar refractivity (Wildman–Crippen MR) is 121 cm³/mol. The van der Waals surface area contributed by atoms with E-state index in [9.17, 15) is 9.90 Å². The quantitative estimate of drug-likeness (QED) is 0.352. The van der Waals surface area contributed by atoms with Crippen molar-refractivity contribution < 1.29 is 19.4 Å². The lowest BCUT2D eigenvalue weighted by Crippen LogP contribution is -2.04. The zero-order valence-electron chi connectivity index (χ0n) is 16.3. The number of aromatic carboxylic acids is 1. The molecule has 4 nitrogen and oxygen atoms in total. The van der Waals surface area contributed by atoms with Gasteiger partial charge in [-0.2, -0.15) is 0 Å². The molecule has 150 valence electrons. The average molecular weight is 463 g/mol. The van der Waals surface area contributed by atoms with Crippen LogP contribution in [0.4, 0.5) is 0 Å². The molecule has 0 amide bonds. The second-order valence-electron chi connectivity index (χ2n) is 6.78. The standard InChI is InChI=1S/C25H19BrO4/c1-29-23-13-18-19(12-21(23)26)24(17-10-6-3-7-11-17)20(25(27)28)14-22(18)30-15-16-8-4-2-5-9-16/h2-14H,15H2,1H3,(H,27,28). The monoisotopic (exact) mass is 462 g/mol. The first kappa shape index (κ1) is 20.0. The summed E-state index contributed by atoms with van der Waals surface area (Å²) in [4.78, 5) is 12.2. The summed E-state index contributed by atoms with van der Waals surface area (Å²) >= 11 is 3.53. The van der Waals surface area contributed by atoms with Crippen LogP contribution in [0, 0.1) is 0 Å². The first-order valence-corrected chi connectivity index (χ1v) is 10.2. The molecule has 30 heavy (non-hydrogen) atoms. The normalized spacial score (nSPS) is 10.7. The fourth-order valence-corrected chi connectivity index (χ4v) is 3.99. The predicted octanol–water partition coefficient (Wildman–Crippen LogP) is 6.56. The Bertz CT molecular complexity index is 1200. The maximum atomic E-state index is 12.2. The van der Waals surface area contributed by atoms with Crippen LogP contribution < -0.4 is 9.47 Å². The highest BCUT2D eigenvalue weighted by Crippen LogP contribution is 2.42. The van der Waals surface area contributed by atoms with Crippen LogP contribution in [0.2, 0.25) is 0 Å². The second-order valence-corrected chi connectivity index (χ2v) is 7.63. The highest BCUT2D eigenvalue weighted by molar-refractivity contribution is 9.10. The van der Waals surface area contributed by atoms with Crippen molar-refractivity contribution >= 4 is 32.7 Å². The molecular weight excluding hydrogens is 444 g/mol. The SMILES string of the molecule is COc1cc2c(OCc3ccccc3)cc(C(=O)O)c(-c3ccccc3)c2cc1Br. The van der Waals surface area contributed by atoms with Crippen LogP contribution in [0.3, 0.4) is 0 Å². The minimum Gasteiger partial charge on any atom is -0.496 e. The van der Waals surface area contributed by atoms with E-state index in [0.29, 0.717) is 23.7 Å². The van der Waals surface area contributed by atoms with E-state index in [2.05, 4.69) is 15.9 Å². The molecule has 0 fully saturated rings. The highest BCUT2D eigenvalue weighted by atomic mass is 79.9. The number of fused-ring (bicyclic) bond motifs is 1. The fourth-order valence-electron chi connectivity index (χ4n) is 3.49. The Morgan fingerprint density at radius 2 is 1.57 bits per heavy atom. The fraction of sp³-hybridized carbons (Fsp3) is 0.0800. The van der Waals surface area contributed by atoms with E-state index in [0.717, 1.165) is 26.4 Å². The third kappa shape index (κ3) is 3.89. The lowest BCUT2D eigenvalue weighted by Gasteiger charge is -2.17. The summed E-state index contributed by atoms with van der Waals surface area (Å²) in [7, 11) is 1.60. The van der Waals surface area contributed by atoms with Crippen LogP contribution in [-0.2, 0) is 6.61 Å². The number of carboxylic acids is 1. The first-order valence-electron chi connectivity index (χ1n) is 9.38. The number of rotatable bonds is 6. The van der Waals surface area contributed by atoms with Crippen LogP contribution in [0.15, 0.2) is 83.3 Å². The van der Waals surface area contributed by atoms with Gasteiger partial charge in [0.25, 0.3) is 0 Å². The zero-order valence-corrected chi connectivity index (χ0v) is 17.8. The highest BCUT2D eigenvalue weighted by Gasteiger charge is 2.21. The summed E-state index contributed by atoms with van der Waals surface area (Å²) in [6.45, 7) is 0.331. The van der Waals surface area contributed by atoms with Crippen molar-refractivity contribution in [3.63, 3.8) is 0 Å². The van der Waals surface area contributed by atoms with Gasteiger partial charge in [0.05, 0.1) is 17.1 Å². The molecule has 0 saturated heterocycles. The molecule has 0 bridgehead atoms. The zero-order chi connectivity index (χ0) is 21.1. The van der Waals surface area contributed by atoms with Gasteiger partial charge in [0.2, 0.25) is 0 Å². The topological polar surface area (TPSA) is 55.8 Å². The number of methoxy groups -OCH3 is 1. The maximum Gasteiger partial charge on any atom is 0.336 e. The van der Waals surface area contributed by atoms with Gasteiger partial charge in [-0.3, -0.25) is 0 Å². The van der Waals surface area contributed by atoms with Gasteiger partial charge in [-0.25, -0.2) is 4.79 Å². The van der Waals surface area contributed by atoms with E-state index in [1.165, 1.54) is 0 Å². The van der Waals surface area contributed by atoms with Crippen molar-refractivity contribution in [3.05, 3.63) is 94.5 Å². The van der Waals surface area contributed by atoms with Gasteiger partial charge < -0.3 is 14.6 Å². The summed E-state index contributed by atoms with van der Waals surface area (Å²) in [5.41, 5.74) is 2.66. The molecule has 0 aliphatic rings. The molecule has 0 spiro atoms. The molecule has 5 heteroatoms. The smallest absolute Gasteiger partial charge is 0.336 e. The van der Waals surface area contributed by atoms with Gasteiger partial charge in [-0.05, 0) is 50.6 Å². The number of hydrogen-bond donors (Lipinski definition) is 1. The summed E-state index contributed by atoms with van der Waals surface area (Å²) < 4.78 is 12.3. The van der Waals surface area contributed by atoms with E-state index in [4.69, 9.17) is 9.47 Å². The van der Waals surface area contributed by atoms with Gasteiger partial charge in [0.15, 0.2) is 0 Å². The molecule has 0 atom stereocenters. The van der Waals surface area contributed by atoms with Crippen molar-refractivity contribution in [2.45, 2.75) is 6.61 Å². The minimum atomic E-state index is -1.01. The Kier molecular flexibility index (Phi) is 5.72. The second kappa shape index (κ2) is 8.59. The lowest BCUT2D eigenvalue weighted by atomic mass is 9.92. The van der Waals surface area contributed by atoms with E-state index in [1.807, 2.05) is 72.8 Å². The molecule has 4 rings (SSSR count). The number of benzene rings is 4. The van der Waals surface area contributed by atoms with Crippen LogP contribution in [0.1, 0.15) is 15.9 Å². The third-order valence-corrected chi connectivity index (χ3v) is 5.52. The summed E-state index contributed by atoms with van der Waals surface area (Å²) in [6, 6.07) is 24.6. The van der Waals surface area contributed by atoms with Gasteiger partial charge in [-0.1, -0.05) is 60.7 Å². The van der Waals surface area contributed by atoms with E-state index in [-0.39, 0.29) is 5.56 Å². The van der Waals surface area contributed by atoms with Crippen LogP contribution >= 0.6 is 15.9 Å². The first-order chi connectivity index (χ1) is 14.6. The van der Waals surface area contributed by atoms with Crippen LogP contribution in [-0.4, -0.2) is 18.2 Å². The van der Waals surface area contributed by atoms with Crippen molar-refractivity contribution in [2.75, 3.05) is 7.11 Å². The van der Waals surface area contributed by atoms with Gasteiger partial charge in [-0.15, -0.1) is 0 Å². The summed E-state index contributed by atoms with van der Waals surface area (Å²) in [5, 5.41) is 11.5. The van der Waals surface area contributed by atoms with E-state index < -0.39 is 5.97 Å². The molecule has 0 aromatic heterocycles. The van der Waals surface area contributed by atoms with Crippen molar-refractivity contribution in [1.82, 2.24) is 0 Å². The number of halogens is 1. The third-order valence-electron chi connectivity index (χ3n) is 4.90. The number of carboxylic acid groups (broad SMARTS) is 1. The van der Waals surface area contributed by atoms with Crippen molar-refractivity contribution in [2.24, 2.45) is 0 Å². The average Bonchev–Trinajstić information content (AvgIpc) is 2.77. The van der Waals surface area contributed by atoms with E-state index >= 15 is 0 Å². The van der Waals surface area contributed by atoms with E-state index in [1.54, 1.807) is 13.2 Å². The Balaban J connectivity index is 1.96. The van der Waals surface area contributed by atoms with Gasteiger partial charge in [0, 0.05) is 10.9 Å². The minimum absolute atomic E-state index is 0.189. The molecular formula is C25H19BrO4. The lowest BCUT2D eigenvalue weighted by molar-refractivity contribution is 0.0697. The van der Waals surface area contributed by atoms with Gasteiger partial charge in [0.1, 0.15) is 18.1 Å². The van der Waals surface area contributed by atoms with Crippen LogP contribution in [0.25, 0.3) is 21.9 Å². The molecule has 0 aliphatic carbocycles. The van der Waals surface area contributed by atoms with Gasteiger partial charge >= 0.3 is 5.97 Å². The Hall–Kier alpha value is -3.31. The van der Waals surface area contributed by atoms with Crippen molar-refractivity contribution in [3.8, 4) is 22.6 Å². The molecule has 1 N–H and O–H groups in total. The number of ether oxygens (including phenoxy) is 2. The summed E-state index contributed by atoms with van der Waals surface area (Å²) in [5.74, 6) is 0.137. The largest absolute Gasteiger partial charge is 0.496 e. The Morgan fingerprint density at radius 1 is 0.900 bits per heavy atom. The molecule has 0 saturated carbocycles. The number of hydrogen-bond acceptors (Lipinski definition) is 3. The molecule has 0 heterocycles. The Morgan fingerprint density at radius 3 is 2.20 bits per heavy atom. The number of carbonyl (C=O) groups is 1. The molecule has 4 aromatic rings. The molecule has 0 aliphatic heterocycles. The molecule has 0 radical (unpaired) electrons. The molecule has 0 unspecified atom stereocenters. The van der Waals surface area contributed by atoms with Crippen molar-refractivity contribution in [1.29, 1.82) is 0 Å². The summed E-state index contributed by atoms with van der Waals surface area (Å²) in [6.07, 6.45) is 0. The Labute approximate surface area is 182 Å². The maximum absolute atomic E-state index is 12.2. The van der Waals surface area contributed by atoms with Crippen LogP contribution in [0.5, 0.6) is 11.5 Å².